The molecule has 240 valence electrons. The topological polar surface area (TPSA) is 182 Å². The molecular weight excluding hydrogens is 592 g/mol. The highest BCUT2D eigenvalue weighted by atomic mass is 16.6. The van der Waals surface area contributed by atoms with E-state index in [1.807, 2.05) is 24.3 Å². The summed E-state index contributed by atoms with van der Waals surface area (Å²) >= 11 is 0. The second-order valence-electron chi connectivity index (χ2n) is 9.24. The third kappa shape index (κ3) is 14.9. The average molecular weight is 627 g/mol. The number of ether oxygens (including phenoxy) is 6. The van der Waals surface area contributed by atoms with Crippen molar-refractivity contribution in [3.05, 3.63) is 85.0 Å². The molecule has 2 atom stereocenters. The third-order valence-electron chi connectivity index (χ3n) is 5.38. The molecule has 0 fully saturated rings. The number of amides is 2. The van der Waals surface area contributed by atoms with Crippen LogP contribution in [0.3, 0.4) is 0 Å². The zero-order chi connectivity index (χ0) is 33.2. The minimum Gasteiger partial charge on any atom is -0.459 e. The van der Waals surface area contributed by atoms with Crippen molar-refractivity contribution in [2.45, 2.75) is 32.5 Å². The van der Waals surface area contributed by atoms with E-state index >= 15 is 0 Å². The van der Waals surface area contributed by atoms with Crippen LogP contribution < -0.4 is 10.6 Å². The molecule has 0 aliphatic carbocycles. The Labute approximate surface area is 259 Å². The summed E-state index contributed by atoms with van der Waals surface area (Å²) in [5.74, 6) is -3.10. The van der Waals surface area contributed by atoms with Crippen LogP contribution in [0.4, 0.5) is 21.0 Å². The molecule has 0 aromatic heterocycles. The van der Waals surface area contributed by atoms with Gasteiger partial charge in [-0.3, -0.25) is 10.6 Å². The molecule has 0 saturated heterocycles. The van der Waals surface area contributed by atoms with E-state index in [4.69, 9.17) is 18.9 Å². The highest BCUT2D eigenvalue weighted by Gasteiger charge is 2.15. The molecular formula is C31H34N2O12. The van der Waals surface area contributed by atoms with E-state index in [2.05, 4.69) is 33.3 Å². The van der Waals surface area contributed by atoms with E-state index in [1.54, 1.807) is 24.3 Å². The number of carbonyl (C=O) groups excluding carboxylic acids is 6. The first-order chi connectivity index (χ1) is 21.5. The Morgan fingerprint density at radius 1 is 0.622 bits per heavy atom. The molecule has 0 spiro atoms. The Kier molecular flexibility index (Phi) is 14.8. The summed E-state index contributed by atoms with van der Waals surface area (Å²) in [4.78, 5) is 69.3. The number of rotatable bonds is 16. The highest BCUT2D eigenvalue weighted by molar-refractivity contribution is 5.86. The van der Waals surface area contributed by atoms with Gasteiger partial charge in [0.15, 0.2) is 13.2 Å². The molecule has 0 aliphatic rings. The van der Waals surface area contributed by atoms with Crippen LogP contribution in [0.15, 0.2) is 73.8 Å². The fourth-order valence-corrected chi connectivity index (χ4v) is 3.26. The van der Waals surface area contributed by atoms with Crippen molar-refractivity contribution in [1.29, 1.82) is 0 Å². The maximum Gasteiger partial charge on any atom is 0.412 e. The average Bonchev–Trinajstić information content (AvgIpc) is 3.02. The van der Waals surface area contributed by atoms with Crippen LogP contribution in [0.5, 0.6) is 0 Å². The molecule has 0 aliphatic heterocycles. The van der Waals surface area contributed by atoms with Gasteiger partial charge in [0.25, 0.3) is 0 Å². The Balaban J connectivity index is 1.71. The molecule has 2 N–H and O–H groups in total. The molecule has 0 heterocycles. The lowest BCUT2D eigenvalue weighted by molar-refractivity contribution is -0.157. The van der Waals surface area contributed by atoms with Crippen LogP contribution in [-0.4, -0.2) is 74.7 Å². The van der Waals surface area contributed by atoms with Crippen LogP contribution in [-0.2, 0) is 54.0 Å². The lowest BCUT2D eigenvalue weighted by Gasteiger charge is -2.14. The normalized spacial score (nSPS) is 11.4. The standard InChI is InChI=1S/C31H34N2O12/c1-5-26(34)42-18-28(36)40-16-20(3)44-30(38)32-24-11-7-22(8-12-24)15-23-9-13-25(14-10-23)33-31(39)45-21(4)17-41-29(37)19-43-27(35)6-2/h5-14,20-21H,1-2,15-19H2,3-4H3,(H,32,38)(H,33,39). The third-order valence-corrected chi connectivity index (χ3v) is 5.38. The van der Waals surface area contributed by atoms with E-state index in [0.29, 0.717) is 17.8 Å². The zero-order valence-corrected chi connectivity index (χ0v) is 24.8. The van der Waals surface area contributed by atoms with Crippen molar-refractivity contribution in [3.8, 4) is 0 Å². The maximum absolute atomic E-state index is 12.1. The number of nitrogens with one attached hydrogen (secondary N) is 2. The molecule has 0 saturated carbocycles. The molecule has 2 unspecified atom stereocenters. The van der Waals surface area contributed by atoms with Crippen LogP contribution in [0, 0.1) is 0 Å². The summed E-state index contributed by atoms with van der Waals surface area (Å²) < 4.78 is 29.2. The molecule has 2 aromatic carbocycles. The molecule has 14 heteroatoms. The molecule has 0 radical (unpaired) electrons. The zero-order valence-electron chi connectivity index (χ0n) is 24.8. The maximum atomic E-state index is 12.1. The van der Waals surface area contributed by atoms with Gasteiger partial charge in [-0.2, -0.15) is 0 Å². The summed E-state index contributed by atoms with van der Waals surface area (Å²) in [6.07, 6.45) is -0.582. The number of esters is 4. The van der Waals surface area contributed by atoms with Gasteiger partial charge in [0.05, 0.1) is 0 Å². The smallest absolute Gasteiger partial charge is 0.412 e. The van der Waals surface area contributed by atoms with Crippen molar-refractivity contribution < 1.29 is 57.2 Å². The number of carbonyl (C=O) groups is 6. The van der Waals surface area contributed by atoms with Gasteiger partial charge >= 0.3 is 36.1 Å². The van der Waals surface area contributed by atoms with Crippen molar-refractivity contribution in [3.63, 3.8) is 0 Å². The van der Waals surface area contributed by atoms with E-state index in [1.165, 1.54) is 13.8 Å². The minimum atomic E-state index is -0.791. The number of anilines is 2. The van der Waals surface area contributed by atoms with Gasteiger partial charge in [-0.15, -0.1) is 0 Å². The quantitative estimate of drug-likeness (QED) is 0.157. The van der Waals surface area contributed by atoms with Crippen LogP contribution >= 0.6 is 0 Å². The predicted molar refractivity (Wildman–Crippen MR) is 159 cm³/mol. The van der Waals surface area contributed by atoms with Gasteiger partial charge < -0.3 is 28.4 Å². The van der Waals surface area contributed by atoms with Gasteiger partial charge in [0, 0.05) is 23.5 Å². The largest absolute Gasteiger partial charge is 0.459 e. The fourth-order valence-electron chi connectivity index (χ4n) is 3.26. The van der Waals surface area contributed by atoms with Crippen molar-refractivity contribution in [2.24, 2.45) is 0 Å². The van der Waals surface area contributed by atoms with E-state index < -0.39 is 61.5 Å². The molecule has 45 heavy (non-hydrogen) atoms. The van der Waals surface area contributed by atoms with Crippen molar-refractivity contribution in [1.82, 2.24) is 0 Å². The molecule has 2 rings (SSSR count). The molecule has 2 amide bonds. The summed E-state index contributed by atoms with van der Waals surface area (Å²) in [5, 5.41) is 5.17. The summed E-state index contributed by atoms with van der Waals surface area (Å²) in [7, 11) is 0. The van der Waals surface area contributed by atoms with Crippen molar-refractivity contribution >= 4 is 47.4 Å². The van der Waals surface area contributed by atoms with Crippen LogP contribution in [0.1, 0.15) is 25.0 Å². The predicted octanol–water partition coefficient (Wildman–Crippen LogP) is 3.70. The number of hydrogen-bond acceptors (Lipinski definition) is 12. The Hall–Kier alpha value is -5.66. The Morgan fingerprint density at radius 2 is 0.978 bits per heavy atom. The Bertz CT molecular complexity index is 1250. The first kappa shape index (κ1) is 35.5. The fraction of sp³-hybridized carbons (Fsp3) is 0.290. The van der Waals surface area contributed by atoms with Crippen molar-refractivity contribution in [2.75, 3.05) is 37.1 Å². The van der Waals surface area contributed by atoms with Gasteiger partial charge in [-0.1, -0.05) is 37.4 Å². The van der Waals surface area contributed by atoms with Gasteiger partial charge in [-0.05, 0) is 55.7 Å². The lowest BCUT2D eigenvalue weighted by atomic mass is 10.0. The van der Waals surface area contributed by atoms with Gasteiger partial charge in [-0.25, -0.2) is 28.8 Å². The van der Waals surface area contributed by atoms with E-state index in [9.17, 15) is 28.8 Å². The first-order valence-corrected chi connectivity index (χ1v) is 13.5. The van der Waals surface area contributed by atoms with Gasteiger partial charge in [0.1, 0.15) is 25.4 Å². The van der Waals surface area contributed by atoms with E-state index in [-0.39, 0.29) is 13.2 Å². The Morgan fingerprint density at radius 3 is 1.31 bits per heavy atom. The SMILES string of the molecule is C=CC(=O)OCC(=O)OCC(C)OC(=O)Nc1ccc(Cc2ccc(NC(=O)OC(C)COC(=O)COC(=O)C=C)cc2)cc1. The highest BCUT2D eigenvalue weighted by Crippen LogP contribution is 2.17. The summed E-state index contributed by atoms with van der Waals surface area (Å²) in [6.45, 7) is 7.89. The lowest BCUT2D eigenvalue weighted by Crippen LogP contribution is -2.26. The number of benzene rings is 2. The van der Waals surface area contributed by atoms with Crippen LogP contribution in [0.2, 0.25) is 0 Å². The van der Waals surface area contributed by atoms with E-state index in [0.717, 1.165) is 23.3 Å². The first-order valence-electron chi connectivity index (χ1n) is 13.5. The summed E-state index contributed by atoms with van der Waals surface area (Å²) in [6, 6.07) is 14.1. The molecule has 14 nitrogen and oxygen atoms in total. The molecule has 0 bridgehead atoms. The number of hydrogen-bond donors (Lipinski definition) is 2. The minimum absolute atomic E-state index is 0.222. The van der Waals surface area contributed by atoms with Gasteiger partial charge in [0.2, 0.25) is 0 Å². The second-order valence-corrected chi connectivity index (χ2v) is 9.24. The molecule has 2 aromatic rings. The van der Waals surface area contributed by atoms with Crippen LogP contribution in [0.25, 0.3) is 0 Å². The second kappa shape index (κ2) is 18.8. The summed E-state index contributed by atoms with van der Waals surface area (Å²) in [5.41, 5.74) is 2.88. The monoisotopic (exact) mass is 626 g/mol.